The number of benzene rings is 2. The van der Waals surface area contributed by atoms with E-state index >= 15 is 0 Å². The highest BCUT2D eigenvalue weighted by Crippen LogP contribution is 2.21. The number of nitrogens with zero attached hydrogens (tertiary/aromatic N) is 1. The van der Waals surface area contributed by atoms with E-state index in [-0.39, 0.29) is 36.0 Å². The summed E-state index contributed by atoms with van der Waals surface area (Å²) in [6.07, 6.45) is 6.00. The number of nitrogens with one attached hydrogen (secondary N) is 1. The van der Waals surface area contributed by atoms with Crippen LogP contribution in [-0.4, -0.2) is 34.6 Å². The minimum atomic E-state index is -0.544. The van der Waals surface area contributed by atoms with E-state index in [2.05, 4.69) is 21.2 Å². The third-order valence-electron chi connectivity index (χ3n) is 6.01. The Labute approximate surface area is 208 Å². The van der Waals surface area contributed by atoms with Crippen LogP contribution in [0.3, 0.4) is 0 Å². The lowest BCUT2D eigenvalue weighted by molar-refractivity contribution is -0.139. The lowest BCUT2D eigenvalue weighted by Gasteiger charge is -2.32. The topological polar surface area (TPSA) is 49.4 Å². The zero-order valence-corrected chi connectivity index (χ0v) is 21.5. The van der Waals surface area contributed by atoms with E-state index in [0.717, 1.165) is 41.3 Å². The predicted octanol–water partition coefficient (Wildman–Crippen LogP) is 6.08. The van der Waals surface area contributed by atoms with Gasteiger partial charge in [0, 0.05) is 22.8 Å². The molecule has 1 fully saturated rings. The van der Waals surface area contributed by atoms with Gasteiger partial charge in [-0.15, -0.1) is 11.8 Å². The Kier molecular flexibility index (Phi) is 10.3. The molecular formula is C26H32BrFN2O2S. The number of carbonyl (C=O) groups excluding carboxylic acids is 2. The quantitative estimate of drug-likeness (QED) is 0.402. The number of halogens is 2. The van der Waals surface area contributed by atoms with Gasteiger partial charge in [-0.05, 0) is 54.7 Å². The molecule has 33 heavy (non-hydrogen) atoms. The fourth-order valence-electron chi connectivity index (χ4n) is 4.17. The summed E-state index contributed by atoms with van der Waals surface area (Å²) in [6, 6.07) is 13.8. The predicted molar refractivity (Wildman–Crippen MR) is 136 cm³/mol. The Hall–Kier alpha value is -1.86. The molecule has 2 aromatic carbocycles. The zero-order valence-electron chi connectivity index (χ0n) is 19.1. The van der Waals surface area contributed by atoms with E-state index in [0.29, 0.717) is 12.2 Å². The molecule has 1 aliphatic rings. The van der Waals surface area contributed by atoms with Crippen molar-refractivity contribution in [1.29, 1.82) is 0 Å². The fraction of sp³-hybridized carbons (Fsp3) is 0.462. The van der Waals surface area contributed by atoms with Crippen molar-refractivity contribution < 1.29 is 14.0 Å². The lowest BCUT2D eigenvalue weighted by Crippen LogP contribution is -2.52. The summed E-state index contributed by atoms with van der Waals surface area (Å²) in [5.74, 6) is 0.521. The summed E-state index contributed by atoms with van der Waals surface area (Å²) in [7, 11) is 0. The summed E-state index contributed by atoms with van der Waals surface area (Å²) in [4.78, 5) is 28.1. The van der Waals surface area contributed by atoms with E-state index in [4.69, 9.17) is 0 Å². The molecule has 1 saturated carbocycles. The van der Waals surface area contributed by atoms with Crippen LogP contribution in [0.15, 0.2) is 53.0 Å². The summed E-state index contributed by atoms with van der Waals surface area (Å²) in [6.45, 7) is 2.22. The largest absolute Gasteiger partial charge is 0.352 e. The van der Waals surface area contributed by atoms with Crippen molar-refractivity contribution in [2.75, 3.05) is 5.75 Å². The Morgan fingerprint density at radius 1 is 1.06 bits per heavy atom. The van der Waals surface area contributed by atoms with Crippen LogP contribution in [0.25, 0.3) is 0 Å². The first-order valence-electron chi connectivity index (χ1n) is 11.6. The Bertz CT molecular complexity index is 902. The van der Waals surface area contributed by atoms with Crippen LogP contribution in [0.1, 0.15) is 56.6 Å². The molecule has 1 unspecified atom stereocenters. The van der Waals surface area contributed by atoms with Crippen molar-refractivity contribution in [3.8, 4) is 0 Å². The third-order valence-corrected chi connectivity index (χ3v) is 7.53. The van der Waals surface area contributed by atoms with Gasteiger partial charge in [-0.3, -0.25) is 9.59 Å². The van der Waals surface area contributed by atoms with E-state index in [1.807, 2.05) is 31.2 Å². The maximum Gasteiger partial charge on any atom is 0.243 e. The molecule has 178 valence electrons. The molecule has 0 radical (unpaired) electrons. The first-order chi connectivity index (χ1) is 16.0. The molecular weight excluding hydrogens is 503 g/mol. The van der Waals surface area contributed by atoms with Crippen molar-refractivity contribution in [1.82, 2.24) is 10.2 Å². The number of carbonyl (C=O) groups is 2. The van der Waals surface area contributed by atoms with Gasteiger partial charge >= 0.3 is 0 Å². The molecule has 7 heteroatoms. The maximum absolute atomic E-state index is 13.4. The van der Waals surface area contributed by atoms with E-state index in [9.17, 15) is 14.0 Å². The fourth-order valence-corrected chi connectivity index (χ4v) is 5.31. The molecule has 0 bridgehead atoms. The maximum atomic E-state index is 13.4. The smallest absolute Gasteiger partial charge is 0.243 e. The van der Waals surface area contributed by atoms with Gasteiger partial charge in [-0.2, -0.15) is 0 Å². The first kappa shape index (κ1) is 25.8. The molecule has 0 spiro atoms. The molecule has 1 aliphatic carbocycles. The molecule has 2 amide bonds. The van der Waals surface area contributed by atoms with Crippen molar-refractivity contribution >= 4 is 39.5 Å². The monoisotopic (exact) mass is 534 g/mol. The number of hydrogen-bond donors (Lipinski definition) is 1. The zero-order chi connectivity index (χ0) is 23.6. The van der Waals surface area contributed by atoms with Gasteiger partial charge in [0.05, 0.1) is 5.75 Å². The minimum Gasteiger partial charge on any atom is -0.352 e. The van der Waals surface area contributed by atoms with Crippen LogP contribution in [0.2, 0.25) is 0 Å². The van der Waals surface area contributed by atoms with Gasteiger partial charge in [0.25, 0.3) is 0 Å². The van der Waals surface area contributed by atoms with E-state index in [1.54, 1.807) is 17.0 Å². The van der Waals surface area contributed by atoms with Gasteiger partial charge in [-0.25, -0.2) is 4.39 Å². The summed E-state index contributed by atoms with van der Waals surface area (Å²) >= 11 is 4.97. The average molecular weight is 536 g/mol. The highest BCUT2D eigenvalue weighted by molar-refractivity contribution is 9.10. The van der Waals surface area contributed by atoms with Crippen LogP contribution in [0.4, 0.5) is 4.39 Å². The average Bonchev–Trinajstić information content (AvgIpc) is 2.82. The number of hydrogen-bond acceptors (Lipinski definition) is 3. The van der Waals surface area contributed by atoms with Gasteiger partial charge in [0.2, 0.25) is 11.8 Å². The molecule has 0 aliphatic heterocycles. The van der Waals surface area contributed by atoms with Crippen molar-refractivity contribution in [2.24, 2.45) is 0 Å². The Morgan fingerprint density at radius 3 is 2.33 bits per heavy atom. The molecule has 2 aromatic rings. The second-order valence-electron chi connectivity index (χ2n) is 8.53. The number of amides is 2. The van der Waals surface area contributed by atoms with Crippen LogP contribution in [-0.2, 0) is 21.9 Å². The minimum absolute atomic E-state index is 0.0768. The molecule has 3 rings (SSSR count). The third kappa shape index (κ3) is 8.14. The highest BCUT2D eigenvalue weighted by Gasteiger charge is 2.30. The molecule has 4 nitrogen and oxygen atoms in total. The first-order valence-corrected chi connectivity index (χ1v) is 13.6. The molecule has 0 heterocycles. The summed E-state index contributed by atoms with van der Waals surface area (Å²) in [5, 5.41) is 3.18. The van der Waals surface area contributed by atoms with Crippen molar-refractivity contribution in [3.63, 3.8) is 0 Å². The second-order valence-corrected chi connectivity index (χ2v) is 10.4. The van der Waals surface area contributed by atoms with E-state index < -0.39 is 6.04 Å². The molecule has 0 saturated heterocycles. The summed E-state index contributed by atoms with van der Waals surface area (Å²) < 4.78 is 14.4. The van der Waals surface area contributed by atoms with Crippen LogP contribution in [0.5, 0.6) is 0 Å². The van der Waals surface area contributed by atoms with Gasteiger partial charge in [-0.1, -0.05) is 66.4 Å². The number of rotatable bonds is 10. The molecule has 1 N–H and O–H groups in total. The van der Waals surface area contributed by atoms with Crippen LogP contribution >= 0.6 is 27.7 Å². The van der Waals surface area contributed by atoms with Crippen molar-refractivity contribution in [3.05, 3.63) is 69.9 Å². The molecule has 1 atom stereocenters. The van der Waals surface area contributed by atoms with Crippen LogP contribution in [0, 0.1) is 5.82 Å². The van der Waals surface area contributed by atoms with Gasteiger partial charge < -0.3 is 10.2 Å². The van der Waals surface area contributed by atoms with Crippen molar-refractivity contribution in [2.45, 2.75) is 69.8 Å². The highest BCUT2D eigenvalue weighted by atomic mass is 79.9. The lowest BCUT2D eigenvalue weighted by atomic mass is 9.95. The van der Waals surface area contributed by atoms with Gasteiger partial charge in [0.15, 0.2) is 0 Å². The second kappa shape index (κ2) is 13.1. The van der Waals surface area contributed by atoms with Gasteiger partial charge in [0.1, 0.15) is 11.9 Å². The Balaban J connectivity index is 1.68. The molecule has 0 aromatic heterocycles. The SMILES string of the molecule is CCC(C(=O)NC1CCCCC1)N(Cc1ccc(F)cc1)C(=O)CSCc1ccc(Br)cc1. The standard InChI is InChI=1S/C26H32BrFN2O2S/c1-2-24(26(32)29-23-6-4-3-5-7-23)30(16-19-10-14-22(28)15-11-19)25(31)18-33-17-20-8-12-21(27)13-9-20/h8-15,23-24H,2-7,16-18H2,1H3,(H,29,32). The number of thioether (sulfide) groups is 1. The normalized spacial score (nSPS) is 15.1. The Morgan fingerprint density at radius 2 is 1.70 bits per heavy atom. The summed E-state index contributed by atoms with van der Waals surface area (Å²) in [5.41, 5.74) is 1.95. The van der Waals surface area contributed by atoms with Crippen LogP contribution < -0.4 is 5.32 Å². The van der Waals surface area contributed by atoms with E-state index in [1.165, 1.54) is 30.3 Å².